The van der Waals surface area contributed by atoms with Crippen LogP contribution in [0.15, 0.2) is 33.2 Å². The first-order valence-electron chi connectivity index (χ1n) is 7.03. The molecule has 3 N–H and O–H groups in total. The van der Waals surface area contributed by atoms with Crippen LogP contribution in [-0.4, -0.2) is 12.5 Å². The molecule has 23 heavy (non-hydrogen) atoms. The lowest BCUT2D eigenvalue weighted by molar-refractivity contribution is -0.118. The van der Waals surface area contributed by atoms with E-state index in [2.05, 4.69) is 37.2 Å². The fraction of sp³-hybridized carbons (Fsp3) is 0.235. The Morgan fingerprint density at radius 1 is 1.09 bits per heavy atom. The molecule has 2 rings (SSSR count). The lowest BCUT2D eigenvalue weighted by Gasteiger charge is -2.14. The number of nitrogens with one attached hydrogen (secondary N) is 1. The van der Waals surface area contributed by atoms with Crippen LogP contribution in [0.1, 0.15) is 16.7 Å². The topological polar surface area (TPSA) is 64.3 Å². The summed E-state index contributed by atoms with van der Waals surface area (Å²) in [6.45, 7) is 5.78. The minimum Gasteiger partial charge on any atom is -0.482 e. The van der Waals surface area contributed by atoms with Crippen molar-refractivity contribution in [2.75, 3.05) is 17.7 Å². The molecule has 2 aromatic rings. The number of rotatable bonds is 4. The lowest BCUT2D eigenvalue weighted by atomic mass is 10.1. The van der Waals surface area contributed by atoms with E-state index in [1.54, 1.807) is 6.07 Å². The number of anilines is 2. The Bertz CT molecular complexity index is 714. The molecule has 1 amide bonds. The zero-order valence-corrected chi connectivity index (χ0v) is 16.3. The fourth-order valence-electron chi connectivity index (χ4n) is 2.33. The molecule has 0 saturated carbocycles. The summed E-state index contributed by atoms with van der Waals surface area (Å²) in [7, 11) is 0. The van der Waals surface area contributed by atoms with Gasteiger partial charge in [-0.05, 0) is 87.5 Å². The highest BCUT2D eigenvalue weighted by molar-refractivity contribution is 9.11. The number of halogens is 2. The van der Waals surface area contributed by atoms with Gasteiger partial charge in [-0.1, -0.05) is 6.07 Å². The Kier molecular flexibility index (Phi) is 5.70. The number of hydrogen-bond acceptors (Lipinski definition) is 3. The molecule has 2 aromatic carbocycles. The van der Waals surface area contributed by atoms with Crippen molar-refractivity contribution in [1.29, 1.82) is 0 Å². The molecule has 0 aliphatic heterocycles. The van der Waals surface area contributed by atoms with Gasteiger partial charge in [0, 0.05) is 10.2 Å². The van der Waals surface area contributed by atoms with Gasteiger partial charge in [-0.2, -0.15) is 0 Å². The molecule has 0 fully saturated rings. The third kappa shape index (κ3) is 4.48. The van der Waals surface area contributed by atoms with Crippen molar-refractivity contribution in [1.82, 2.24) is 0 Å². The molecule has 0 spiro atoms. The normalized spacial score (nSPS) is 10.5. The largest absolute Gasteiger partial charge is 0.482 e. The van der Waals surface area contributed by atoms with Crippen molar-refractivity contribution >= 4 is 49.1 Å². The Balaban J connectivity index is 2.07. The van der Waals surface area contributed by atoms with Crippen LogP contribution in [0.5, 0.6) is 5.75 Å². The molecule has 0 unspecified atom stereocenters. The maximum absolute atomic E-state index is 12.2. The van der Waals surface area contributed by atoms with E-state index in [0.717, 1.165) is 25.6 Å². The highest BCUT2D eigenvalue weighted by Crippen LogP contribution is 2.31. The molecule has 0 atom stereocenters. The smallest absolute Gasteiger partial charge is 0.262 e. The lowest BCUT2D eigenvalue weighted by Crippen LogP contribution is -2.21. The van der Waals surface area contributed by atoms with Gasteiger partial charge in [0.15, 0.2) is 6.61 Å². The van der Waals surface area contributed by atoms with E-state index in [1.807, 2.05) is 39.0 Å². The number of aryl methyl sites for hydroxylation is 3. The summed E-state index contributed by atoms with van der Waals surface area (Å²) in [5.74, 6) is 0.448. The van der Waals surface area contributed by atoms with Crippen molar-refractivity contribution in [2.24, 2.45) is 0 Å². The van der Waals surface area contributed by atoms with Crippen LogP contribution in [0.2, 0.25) is 0 Å². The molecule has 4 nitrogen and oxygen atoms in total. The third-order valence-corrected chi connectivity index (χ3v) is 4.51. The minimum atomic E-state index is -0.231. The standard InChI is InChI=1S/C17H18Br2N2O2/c1-9-4-11(3)17(14(19)5-9)23-8-15(22)21-16-10(2)6-12(20)7-13(16)18/h4-7H,8,20H2,1-3H3,(H,21,22). The maximum atomic E-state index is 12.2. The molecule has 0 aliphatic carbocycles. The summed E-state index contributed by atoms with van der Waals surface area (Å²) in [5.41, 5.74) is 10.1. The van der Waals surface area contributed by atoms with Crippen molar-refractivity contribution in [3.63, 3.8) is 0 Å². The predicted molar refractivity (Wildman–Crippen MR) is 101 cm³/mol. The van der Waals surface area contributed by atoms with E-state index < -0.39 is 0 Å². The second-order valence-electron chi connectivity index (χ2n) is 5.42. The van der Waals surface area contributed by atoms with Crippen molar-refractivity contribution in [2.45, 2.75) is 20.8 Å². The molecular weight excluding hydrogens is 424 g/mol. The second-order valence-corrected chi connectivity index (χ2v) is 7.13. The van der Waals surface area contributed by atoms with Crippen LogP contribution in [0.25, 0.3) is 0 Å². The number of nitrogen functional groups attached to an aromatic ring is 1. The van der Waals surface area contributed by atoms with Crippen molar-refractivity contribution in [3.8, 4) is 5.75 Å². The molecule has 0 saturated heterocycles. The van der Waals surface area contributed by atoms with Crippen LogP contribution in [0.3, 0.4) is 0 Å². The molecule has 0 heterocycles. The maximum Gasteiger partial charge on any atom is 0.262 e. The first kappa shape index (κ1) is 17.8. The fourth-order valence-corrected chi connectivity index (χ4v) is 3.79. The summed E-state index contributed by atoms with van der Waals surface area (Å²) in [4.78, 5) is 12.2. The van der Waals surface area contributed by atoms with E-state index in [1.165, 1.54) is 0 Å². The summed E-state index contributed by atoms with van der Waals surface area (Å²) in [6.07, 6.45) is 0. The Hall–Kier alpha value is -1.53. The van der Waals surface area contributed by atoms with Crippen molar-refractivity contribution in [3.05, 3.63) is 49.9 Å². The van der Waals surface area contributed by atoms with E-state index in [0.29, 0.717) is 17.1 Å². The van der Waals surface area contributed by atoms with Gasteiger partial charge in [0.2, 0.25) is 0 Å². The third-order valence-electron chi connectivity index (χ3n) is 3.30. The molecule has 0 aromatic heterocycles. The van der Waals surface area contributed by atoms with Crippen LogP contribution in [0.4, 0.5) is 11.4 Å². The number of benzene rings is 2. The Morgan fingerprint density at radius 2 is 1.78 bits per heavy atom. The number of carbonyl (C=O) groups excluding carboxylic acids is 1. The van der Waals surface area contributed by atoms with E-state index in [-0.39, 0.29) is 12.5 Å². The number of hydrogen-bond donors (Lipinski definition) is 2. The number of ether oxygens (including phenoxy) is 1. The number of carbonyl (C=O) groups is 1. The van der Waals surface area contributed by atoms with Gasteiger partial charge in [-0.3, -0.25) is 4.79 Å². The van der Waals surface area contributed by atoms with Gasteiger partial charge in [0.25, 0.3) is 5.91 Å². The van der Waals surface area contributed by atoms with Gasteiger partial charge in [-0.15, -0.1) is 0 Å². The van der Waals surface area contributed by atoms with E-state index >= 15 is 0 Å². The van der Waals surface area contributed by atoms with Crippen LogP contribution >= 0.6 is 31.9 Å². The molecular formula is C17H18Br2N2O2. The molecule has 0 radical (unpaired) electrons. The molecule has 122 valence electrons. The van der Waals surface area contributed by atoms with Crippen LogP contribution in [0, 0.1) is 20.8 Å². The molecule has 0 aliphatic rings. The van der Waals surface area contributed by atoms with Crippen LogP contribution < -0.4 is 15.8 Å². The summed E-state index contributed by atoms with van der Waals surface area (Å²) < 4.78 is 7.25. The average Bonchev–Trinajstić information content (AvgIpc) is 2.41. The summed E-state index contributed by atoms with van der Waals surface area (Å²) >= 11 is 6.88. The predicted octanol–water partition coefficient (Wildman–Crippen LogP) is 4.74. The number of amides is 1. The second kappa shape index (κ2) is 7.36. The highest BCUT2D eigenvalue weighted by atomic mass is 79.9. The highest BCUT2D eigenvalue weighted by Gasteiger charge is 2.12. The first-order valence-corrected chi connectivity index (χ1v) is 8.61. The van der Waals surface area contributed by atoms with Gasteiger partial charge >= 0.3 is 0 Å². The minimum absolute atomic E-state index is 0.0707. The van der Waals surface area contributed by atoms with E-state index in [4.69, 9.17) is 10.5 Å². The zero-order valence-electron chi connectivity index (χ0n) is 13.2. The van der Waals surface area contributed by atoms with Gasteiger partial charge in [0.05, 0.1) is 10.2 Å². The summed E-state index contributed by atoms with van der Waals surface area (Å²) in [6, 6.07) is 7.53. The zero-order chi connectivity index (χ0) is 17.1. The van der Waals surface area contributed by atoms with Gasteiger partial charge in [-0.25, -0.2) is 0 Å². The number of nitrogens with two attached hydrogens (primary N) is 1. The quantitative estimate of drug-likeness (QED) is 0.673. The van der Waals surface area contributed by atoms with Gasteiger partial charge in [0.1, 0.15) is 5.75 Å². The first-order chi connectivity index (χ1) is 10.8. The Labute approximate surface area is 152 Å². The van der Waals surface area contributed by atoms with Gasteiger partial charge < -0.3 is 15.8 Å². The monoisotopic (exact) mass is 440 g/mol. The average molecular weight is 442 g/mol. The SMILES string of the molecule is Cc1cc(C)c(OCC(=O)Nc2c(C)cc(N)cc2Br)c(Br)c1. The Morgan fingerprint density at radius 3 is 2.39 bits per heavy atom. The van der Waals surface area contributed by atoms with E-state index in [9.17, 15) is 4.79 Å². The molecule has 0 bridgehead atoms. The van der Waals surface area contributed by atoms with Crippen LogP contribution in [-0.2, 0) is 4.79 Å². The van der Waals surface area contributed by atoms with Crippen molar-refractivity contribution < 1.29 is 9.53 Å². The molecule has 6 heteroatoms. The summed E-state index contributed by atoms with van der Waals surface area (Å²) in [5, 5.41) is 2.84.